The van der Waals surface area contributed by atoms with E-state index in [2.05, 4.69) is 0 Å². The van der Waals surface area contributed by atoms with Crippen molar-refractivity contribution < 1.29 is 22.4 Å². The van der Waals surface area contributed by atoms with Crippen LogP contribution in [-0.2, 0) is 4.79 Å². The molecule has 1 heterocycles. The molecule has 0 spiro atoms. The zero-order chi connectivity index (χ0) is 14.0. The fraction of sp³-hybridized carbons (Fsp3) is 0.462. The van der Waals surface area contributed by atoms with Gasteiger partial charge in [0.1, 0.15) is 5.82 Å². The monoisotopic (exact) mass is 275 g/mol. The van der Waals surface area contributed by atoms with Gasteiger partial charge in [0.25, 0.3) is 0 Å². The van der Waals surface area contributed by atoms with Crippen molar-refractivity contribution in [1.29, 1.82) is 0 Å². The van der Waals surface area contributed by atoms with E-state index in [0.29, 0.717) is 13.1 Å². The topological polar surface area (TPSA) is 20.3 Å². The zero-order valence-electron chi connectivity index (χ0n) is 10.1. The molecular weight excluding hydrogens is 262 g/mol. The third kappa shape index (κ3) is 3.68. The SMILES string of the molecule is O=C(CCC(F)(F)F)N1CC(c2ccc(F)cc2)C1. The lowest BCUT2D eigenvalue weighted by Crippen LogP contribution is -2.48. The first-order chi connectivity index (χ1) is 8.85. The van der Waals surface area contributed by atoms with Crippen LogP contribution in [0.25, 0.3) is 0 Å². The zero-order valence-corrected chi connectivity index (χ0v) is 10.1. The molecule has 0 saturated carbocycles. The number of hydrogen-bond acceptors (Lipinski definition) is 1. The van der Waals surface area contributed by atoms with Crippen molar-refractivity contribution >= 4 is 5.91 Å². The van der Waals surface area contributed by atoms with Crippen molar-refractivity contribution in [2.24, 2.45) is 0 Å². The van der Waals surface area contributed by atoms with E-state index in [1.807, 2.05) is 0 Å². The molecule has 1 amide bonds. The molecule has 1 fully saturated rings. The second-order valence-electron chi connectivity index (χ2n) is 4.66. The maximum atomic E-state index is 12.7. The quantitative estimate of drug-likeness (QED) is 0.776. The molecule has 6 heteroatoms. The van der Waals surface area contributed by atoms with Crippen LogP contribution in [0.1, 0.15) is 24.3 Å². The van der Waals surface area contributed by atoms with Crippen LogP contribution in [-0.4, -0.2) is 30.1 Å². The minimum Gasteiger partial charge on any atom is -0.341 e. The van der Waals surface area contributed by atoms with E-state index in [4.69, 9.17) is 0 Å². The van der Waals surface area contributed by atoms with E-state index in [1.165, 1.54) is 17.0 Å². The van der Waals surface area contributed by atoms with Gasteiger partial charge in [0.2, 0.25) is 5.91 Å². The minimum absolute atomic E-state index is 0.0930. The predicted molar refractivity (Wildman–Crippen MR) is 61.0 cm³/mol. The molecule has 2 nitrogen and oxygen atoms in total. The maximum Gasteiger partial charge on any atom is 0.389 e. The first-order valence-electron chi connectivity index (χ1n) is 5.95. The number of nitrogens with zero attached hydrogens (tertiary/aromatic N) is 1. The molecule has 1 aromatic rings. The molecule has 1 aliphatic heterocycles. The van der Waals surface area contributed by atoms with Crippen LogP contribution in [0.3, 0.4) is 0 Å². The normalized spacial score (nSPS) is 16.3. The highest BCUT2D eigenvalue weighted by atomic mass is 19.4. The first-order valence-corrected chi connectivity index (χ1v) is 5.95. The second kappa shape index (κ2) is 5.19. The molecule has 19 heavy (non-hydrogen) atoms. The largest absolute Gasteiger partial charge is 0.389 e. The summed E-state index contributed by atoms with van der Waals surface area (Å²) in [6.07, 6.45) is -5.87. The van der Waals surface area contributed by atoms with E-state index in [1.54, 1.807) is 12.1 Å². The summed E-state index contributed by atoms with van der Waals surface area (Å²) in [7, 11) is 0. The lowest BCUT2D eigenvalue weighted by atomic mass is 9.91. The molecule has 1 saturated heterocycles. The standard InChI is InChI=1S/C13H13F4NO/c14-11-3-1-9(2-4-11)10-7-18(8-10)12(19)5-6-13(15,16)17/h1-4,10H,5-8H2. The van der Waals surface area contributed by atoms with Gasteiger partial charge in [-0.2, -0.15) is 13.2 Å². The van der Waals surface area contributed by atoms with E-state index in [-0.39, 0.29) is 11.7 Å². The first kappa shape index (κ1) is 13.8. The third-order valence-corrected chi connectivity index (χ3v) is 3.20. The number of amides is 1. The smallest absolute Gasteiger partial charge is 0.341 e. The van der Waals surface area contributed by atoms with Crippen molar-refractivity contribution in [2.75, 3.05) is 13.1 Å². The fourth-order valence-corrected chi connectivity index (χ4v) is 2.03. The fourth-order valence-electron chi connectivity index (χ4n) is 2.03. The minimum atomic E-state index is -4.29. The number of carbonyl (C=O) groups excluding carboxylic acids is 1. The molecule has 1 aromatic carbocycles. The Balaban J connectivity index is 1.79. The van der Waals surface area contributed by atoms with Crippen LogP contribution in [0.15, 0.2) is 24.3 Å². The Hall–Kier alpha value is -1.59. The van der Waals surface area contributed by atoms with Gasteiger partial charge >= 0.3 is 6.18 Å². The number of halogens is 4. The Labute approximate surface area is 108 Å². The highest BCUT2D eigenvalue weighted by Crippen LogP contribution is 2.29. The van der Waals surface area contributed by atoms with Crippen LogP contribution in [0, 0.1) is 5.82 Å². The van der Waals surface area contributed by atoms with E-state index in [0.717, 1.165) is 5.56 Å². The van der Waals surface area contributed by atoms with Gasteiger partial charge in [0.15, 0.2) is 0 Å². The molecule has 0 N–H and O–H groups in total. The van der Waals surface area contributed by atoms with Gasteiger partial charge < -0.3 is 4.90 Å². The van der Waals surface area contributed by atoms with Gasteiger partial charge in [0.05, 0.1) is 6.42 Å². The summed E-state index contributed by atoms with van der Waals surface area (Å²) < 4.78 is 48.6. The Morgan fingerprint density at radius 1 is 1.21 bits per heavy atom. The van der Waals surface area contributed by atoms with Crippen molar-refractivity contribution in [3.05, 3.63) is 35.6 Å². The summed E-state index contributed by atoms with van der Waals surface area (Å²) in [6.45, 7) is 0.810. The van der Waals surface area contributed by atoms with Gasteiger partial charge in [-0.1, -0.05) is 12.1 Å². The lowest BCUT2D eigenvalue weighted by Gasteiger charge is -2.39. The number of hydrogen-bond donors (Lipinski definition) is 0. The summed E-state index contributed by atoms with van der Waals surface area (Å²) in [5.74, 6) is -0.715. The lowest BCUT2D eigenvalue weighted by molar-refractivity contribution is -0.151. The number of carbonyl (C=O) groups is 1. The van der Waals surface area contributed by atoms with Crippen LogP contribution >= 0.6 is 0 Å². The van der Waals surface area contributed by atoms with Gasteiger partial charge in [-0.3, -0.25) is 4.79 Å². The van der Waals surface area contributed by atoms with Crippen LogP contribution < -0.4 is 0 Å². The van der Waals surface area contributed by atoms with Crippen LogP contribution in [0.5, 0.6) is 0 Å². The average molecular weight is 275 g/mol. The van der Waals surface area contributed by atoms with Crippen LogP contribution in [0.4, 0.5) is 17.6 Å². The van der Waals surface area contributed by atoms with Crippen molar-refractivity contribution in [3.8, 4) is 0 Å². The average Bonchev–Trinajstić information content (AvgIpc) is 2.26. The van der Waals surface area contributed by atoms with Gasteiger partial charge in [-0.15, -0.1) is 0 Å². The number of alkyl halides is 3. The maximum absolute atomic E-state index is 12.7. The number of rotatable bonds is 3. The van der Waals surface area contributed by atoms with E-state index in [9.17, 15) is 22.4 Å². The molecule has 2 rings (SSSR count). The molecule has 0 aliphatic carbocycles. The third-order valence-electron chi connectivity index (χ3n) is 3.20. The summed E-state index contributed by atoms with van der Waals surface area (Å²) in [6, 6.07) is 5.95. The number of likely N-dealkylation sites (tertiary alicyclic amines) is 1. The summed E-state index contributed by atoms with van der Waals surface area (Å²) >= 11 is 0. The Morgan fingerprint density at radius 2 is 1.79 bits per heavy atom. The van der Waals surface area contributed by atoms with Crippen LogP contribution in [0.2, 0.25) is 0 Å². The molecule has 104 valence electrons. The van der Waals surface area contributed by atoms with E-state index >= 15 is 0 Å². The van der Waals surface area contributed by atoms with E-state index < -0.39 is 24.9 Å². The van der Waals surface area contributed by atoms with Gasteiger partial charge in [-0.25, -0.2) is 4.39 Å². The Kier molecular flexibility index (Phi) is 3.78. The predicted octanol–water partition coefficient (Wildman–Crippen LogP) is 3.09. The highest BCUT2D eigenvalue weighted by Gasteiger charge is 2.34. The molecule has 0 unspecified atom stereocenters. The molecule has 0 aromatic heterocycles. The molecular formula is C13H13F4NO. The van der Waals surface area contributed by atoms with Crippen molar-refractivity contribution in [1.82, 2.24) is 4.90 Å². The Bertz CT molecular complexity index is 449. The Morgan fingerprint density at radius 3 is 2.32 bits per heavy atom. The molecule has 1 aliphatic rings. The van der Waals surface area contributed by atoms with Crippen molar-refractivity contribution in [2.45, 2.75) is 24.9 Å². The second-order valence-corrected chi connectivity index (χ2v) is 4.66. The van der Waals surface area contributed by atoms with Gasteiger partial charge in [-0.05, 0) is 17.7 Å². The number of benzene rings is 1. The molecule has 0 radical (unpaired) electrons. The molecule has 0 bridgehead atoms. The molecule has 0 atom stereocenters. The summed E-state index contributed by atoms with van der Waals surface area (Å²) in [5, 5.41) is 0. The summed E-state index contributed by atoms with van der Waals surface area (Å²) in [4.78, 5) is 12.9. The van der Waals surface area contributed by atoms with Crippen molar-refractivity contribution in [3.63, 3.8) is 0 Å². The highest BCUT2D eigenvalue weighted by molar-refractivity contribution is 5.77. The van der Waals surface area contributed by atoms with Gasteiger partial charge in [0, 0.05) is 25.4 Å². The summed E-state index contributed by atoms with van der Waals surface area (Å²) in [5.41, 5.74) is 0.904.